The zero-order valence-electron chi connectivity index (χ0n) is 17.5. The summed E-state index contributed by atoms with van der Waals surface area (Å²) in [6.45, 7) is 12.9. The SMILES string of the molecule is CC1CC(C)N(CC#N)CN1CC#N.CC1CN(CC#N)C(C)N(CC#N)C1. The number of hydrogen-bond donors (Lipinski definition) is 0. The zero-order valence-corrected chi connectivity index (χ0v) is 17.5. The molecule has 0 spiro atoms. The molecule has 2 heterocycles. The Bertz CT molecular complexity index is 585. The Labute approximate surface area is 169 Å². The van der Waals surface area contributed by atoms with E-state index in [0.717, 1.165) is 26.2 Å². The highest BCUT2D eigenvalue weighted by molar-refractivity contribution is 4.90. The number of nitrogens with zero attached hydrogens (tertiary/aromatic N) is 8. The van der Waals surface area contributed by atoms with Gasteiger partial charge in [0.05, 0.1) is 63.3 Å². The summed E-state index contributed by atoms with van der Waals surface area (Å²) in [4.78, 5) is 8.45. The lowest BCUT2D eigenvalue weighted by molar-refractivity contribution is 0.00755. The molecule has 0 aromatic carbocycles. The minimum absolute atomic E-state index is 0.213. The summed E-state index contributed by atoms with van der Waals surface area (Å²) < 4.78 is 0. The second-order valence-electron chi connectivity index (χ2n) is 7.80. The molecule has 2 atom stereocenters. The molecule has 2 rings (SSSR count). The van der Waals surface area contributed by atoms with Gasteiger partial charge in [-0.2, -0.15) is 21.0 Å². The standard InChI is InChI=1S/2C10H16N4/c1-9-7-10(2)14(6-4-12)8-13(9)5-3-11;1-9-7-13(5-3-11)10(2)14(8-9)6-4-12/h2*9-10H,5-8H2,1-2H3. The van der Waals surface area contributed by atoms with Gasteiger partial charge in [0.15, 0.2) is 0 Å². The van der Waals surface area contributed by atoms with Crippen molar-refractivity contribution in [3.8, 4) is 24.3 Å². The highest BCUT2D eigenvalue weighted by atomic mass is 15.4. The van der Waals surface area contributed by atoms with Gasteiger partial charge in [-0.3, -0.25) is 19.6 Å². The van der Waals surface area contributed by atoms with Crippen molar-refractivity contribution in [3.63, 3.8) is 0 Å². The molecule has 152 valence electrons. The number of hydrogen-bond acceptors (Lipinski definition) is 8. The van der Waals surface area contributed by atoms with E-state index >= 15 is 0 Å². The third-order valence-electron chi connectivity index (χ3n) is 5.54. The first-order valence-corrected chi connectivity index (χ1v) is 9.81. The molecule has 0 bridgehead atoms. The number of nitriles is 4. The Morgan fingerprint density at radius 2 is 1.00 bits per heavy atom. The Kier molecular flexibility index (Phi) is 10.5. The molecule has 0 aliphatic carbocycles. The molecule has 28 heavy (non-hydrogen) atoms. The molecule has 8 heteroatoms. The van der Waals surface area contributed by atoms with E-state index in [-0.39, 0.29) is 6.17 Å². The second kappa shape index (κ2) is 12.3. The molecule has 0 saturated carbocycles. The molecule has 2 unspecified atom stereocenters. The van der Waals surface area contributed by atoms with Gasteiger partial charge in [0.2, 0.25) is 0 Å². The van der Waals surface area contributed by atoms with E-state index in [1.54, 1.807) is 0 Å². The van der Waals surface area contributed by atoms with Gasteiger partial charge >= 0.3 is 0 Å². The van der Waals surface area contributed by atoms with Crippen molar-refractivity contribution >= 4 is 0 Å². The summed E-state index contributed by atoms with van der Waals surface area (Å²) in [5.41, 5.74) is 0. The van der Waals surface area contributed by atoms with E-state index in [9.17, 15) is 0 Å². The topological polar surface area (TPSA) is 108 Å². The predicted octanol–water partition coefficient (Wildman–Crippen LogP) is 1.41. The Hall–Kier alpha value is -2.20. The van der Waals surface area contributed by atoms with E-state index in [0.29, 0.717) is 44.2 Å². The monoisotopic (exact) mass is 384 g/mol. The van der Waals surface area contributed by atoms with Crippen LogP contribution in [0.4, 0.5) is 0 Å². The van der Waals surface area contributed by atoms with Crippen molar-refractivity contribution in [2.75, 3.05) is 45.9 Å². The highest BCUT2D eigenvalue weighted by Gasteiger charge is 2.29. The van der Waals surface area contributed by atoms with E-state index in [1.165, 1.54) is 0 Å². The first kappa shape index (κ1) is 23.8. The summed E-state index contributed by atoms with van der Waals surface area (Å²) in [5, 5.41) is 34.6. The van der Waals surface area contributed by atoms with Gasteiger partial charge in [-0.1, -0.05) is 6.92 Å². The smallest absolute Gasteiger partial charge is 0.0878 e. The van der Waals surface area contributed by atoms with Crippen LogP contribution >= 0.6 is 0 Å². The summed E-state index contributed by atoms with van der Waals surface area (Å²) in [5.74, 6) is 0.535. The van der Waals surface area contributed by atoms with Crippen LogP contribution in [0.3, 0.4) is 0 Å². The van der Waals surface area contributed by atoms with Crippen molar-refractivity contribution in [2.45, 2.75) is 52.4 Å². The predicted molar refractivity (Wildman–Crippen MR) is 106 cm³/mol. The molecule has 2 aliphatic heterocycles. The molecule has 2 aliphatic rings. The fourth-order valence-corrected chi connectivity index (χ4v) is 3.87. The molecule has 0 N–H and O–H groups in total. The zero-order chi connectivity index (χ0) is 21.1. The largest absolute Gasteiger partial charge is 0.275 e. The molecular formula is C20H32N8. The summed E-state index contributed by atoms with van der Waals surface area (Å²) in [7, 11) is 0. The maximum Gasteiger partial charge on any atom is 0.0878 e. The second-order valence-corrected chi connectivity index (χ2v) is 7.80. The lowest BCUT2D eigenvalue weighted by Crippen LogP contribution is -2.55. The van der Waals surface area contributed by atoms with Gasteiger partial charge in [0.1, 0.15) is 0 Å². The fourth-order valence-electron chi connectivity index (χ4n) is 3.87. The highest BCUT2D eigenvalue weighted by Crippen LogP contribution is 2.18. The van der Waals surface area contributed by atoms with Crippen molar-refractivity contribution in [3.05, 3.63) is 0 Å². The normalized spacial score (nSPS) is 29.4. The average Bonchev–Trinajstić information content (AvgIpc) is 2.64. The molecule has 8 nitrogen and oxygen atoms in total. The molecular weight excluding hydrogens is 352 g/mol. The third kappa shape index (κ3) is 7.08. The quantitative estimate of drug-likeness (QED) is 0.669. The lowest BCUT2D eigenvalue weighted by atomic mass is 10.0. The Morgan fingerprint density at radius 3 is 1.36 bits per heavy atom. The van der Waals surface area contributed by atoms with Crippen molar-refractivity contribution < 1.29 is 0 Å². The molecule has 0 radical (unpaired) electrons. The van der Waals surface area contributed by atoms with Gasteiger partial charge in [-0.25, -0.2) is 0 Å². The number of rotatable bonds is 4. The maximum atomic E-state index is 8.66. The van der Waals surface area contributed by atoms with Crippen LogP contribution in [0.15, 0.2) is 0 Å². The fraction of sp³-hybridized carbons (Fsp3) is 0.800. The van der Waals surface area contributed by atoms with E-state index in [2.05, 4.69) is 71.6 Å². The van der Waals surface area contributed by atoms with Crippen LogP contribution in [-0.2, 0) is 0 Å². The minimum Gasteiger partial charge on any atom is -0.275 e. The maximum absolute atomic E-state index is 8.66. The Morgan fingerprint density at radius 1 is 0.643 bits per heavy atom. The van der Waals surface area contributed by atoms with E-state index < -0.39 is 0 Å². The summed E-state index contributed by atoms with van der Waals surface area (Å²) in [6, 6.07) is 9.55. The van der Waals surface area contributed by atoms with E-state index in [1.807, 2.05) is 0 Å². The van der Waals surface area contributed by atoms with E-state index in [4.69, 9.17) is 21.0 Å². The van der Waals surface area contributed by atoms with Gasteiger partial charge < -0.3 is 0 Å². The molecule has 0 aromatic rings. The van der Waals surface area contributed by atoms with Crippen LogP contribution in [0.5, 0.6) is 0 Å². The first-order chi connectivity index (χ1) is 13.4. The van der Waals surface area contributed by atoms with Crippen LogP contribution in [-0.4, -0.2) is 83.8 Å². The molecule has 2 saturated heterocycles. The Balaban J connectivity index is 0.000000280. The van der Waals surface area contributed by atoms with Gasteiger partial charge in [-0.05, 0) is 33.1 Å². The van der Waals surface area contributed by atoms with Gasteiger partial charge in [0, 0.05) is 25.2 Å². The van der Waals surface area contributed by atoms with Gasteiger partial charge in [0.25, 0.3) is 0 Å². The third-order valence-corrected chi connectivity index (χ3v) is 5.54. The molecule has 0 aromatic heterocycles. The van der Waals surface area contributed by atoms with Gasteiger partial charge in [-0.15, -0.1) is 0 Å². The van der Waals surface area contributed by atoms with Crippen molar-refractivity contribution in [2.24, 2.45) is 5.92 Å². The van der Waals surface area contributed by atoms with Crippen LogP contribution in [0.2, 0.25) is 0 Å². The van der Waals surface area contributed by atoms with Crippen LogP contribution in [0.25, 0.3) is 0 Å². The van der Waals surface area contributed by atoms with Crippen LogP contribution < -0.4 is 0 Å². The first-order valence-electron chi connectivity index (χ1n) is 9.81. The van der Waals surface area contributed by atoms with Crippen molar-refractivity contribution in [1.82, 2.24) is 19.6 Å². The van der Waals surface area contributed by atoms with Crippen LogP contribution in [0, 0.1) is 51.2 Å². The summed E-state index contributed by atoms with van der Waals surface area (Å²) >= 11 is 0. The lowest BCUT2D eigenvalue weighted by Gasteiger charge is -2.42. The average molecular weight is 385 g/mol. The molecule has 0 amide bonds. The minimum atomic E-state index is 0.213. The summed E-state index contributed by atoms with van der Waals surface area (Å²) in [6.07, 6.45) is 1.24. The van der Waals surface area contributed by atoms with Crippen LogP contribution in [0.1, 0.15) is 34.1 Å². The van der Waals surface area contributed by atoms with Crippen molar-refractivity contribution in [1.29, 1.82) is 21.0 Å². The molecule has 2 fully saturated rings.